The van der Waals surface area contributed by atoms with Crippen molar-refractivity contribution in [3.8, 4) is 11.5 Å². The Labute approximate surface area is 132 Å². The standard InChI is InChI=1S/C17H25ClO3/c1-4-7-8-11-21-15-10-9-13(12-16(15)20-6-3)17(18)14(19)5-2/h9-10,12,17H,4-8,11H2,1-3H3. The molecule has 3 nitrogen and oxygen atoms in total. The quantitative estimate of drug-likeness (QED) is 0.454. The monoisotopic (exact) mass is 312 g/mol. The molecule has 0 radical (unpaired) electrons. The fraction of sp³-hybridized carbons (Fsp3) is 0.588. The molecule has 0 amide bonds. The molecule has 0 spiro atoms. The second kappa shape index (κ2) is 9.67. The molecule has 0 saturated carbocycles. The first kappa shape index (κ1) is 17.8. The molecule has 0 heterocycles. The van der Waals surface area contributed by atoms with Crippen LogP contribution in [-0.2, 0) is 4.79 Å². The number of halogens is 1. The van der Waals surface area contributed by atoms with E-state index in [1.807, 2.05) is 32.0 Å². The van der Waals surface area contributed by atoms with Crippen LogP contribution >= 0.6 is 11.6 Å². The number of ketones is 1. The average molecular weight is 313 g/mol. The molecule has 21 heavy (non-hydrogen) atoms. The zero-order valence-electron chi connectivity index (χ0n) is 13.2. The van der Waals surface area contributed by atoms with Crippen LogP contribution in [0.3, 0.4) is 0 Å². The van der Waals surface area contributed by atoms with Gasteiger partial charge in [0.2, 0.25) is 0 Å². The maximum absolute atomic E-state index is 11.7. The van der Waals surface area contributed by atoms with Gasteiger partial charge in [-0.25, -0.2) is 0 Å². The van der Waals surface area contributed by atoms with Crippen molar-refractivity contribution in [3.63, 3.8) is 0 Å². The van der Waals surface area contributed by atoms with Crippen LogP contribution < -0.4 is 9.47 Å². The molecular formula is C17H25ClO3. The van der Waals surface area contributed by atoms with E-state index in [2.05, 4.69) is 6.92 Å². The average Bonchev–Trinajstić information content (AvgIpc) is 2.51. The summed E-state index contributed by atoms with van der Waals surface area (Å²) in [5.74, 6) is 1.38. The van der Waals surface area contributed by atoms with Gasteiger partial charge in [0.15, 0.2) is 17.3 Å². The van der Waals surface area contributed by atoms with E-state index in [1.54, 1.807) is 0 Å². The van der Waals surface area contributed by atoms with E-state index in [4.69, 9.17) is 21.1 Å². The number of unbranched alkanes of at least 4 members (excludes halogenated alkanes) is 2. The van der Waals surface area contributed by atoms with Gasteiger partial charge in [0.25, 0.3) is 0 Å². The van der Waals surface area contributed by atoms with Crippen LogP contribution in [0.1, 0.15) is 57.4 Å². The summed E-state index contributed by atoms with van der Waals surface area (Å²) >= 11 is 6.18. The van der Waals surface area contributed by atoms with Crippen molar-refractivity contribution in [2.45, 2.75) is 51.8 Å². The number of ether oxygens (including phenoxy) is 2. The summed E-state index contributed by atoms with van der Waals surface area (Å²) in [4.78, 5) is 11.7. The minimum atomic E-state index is -0.622. The number of carbonyl (C=O) groups excluding carboxylic acids is 1. The van der Waals surface area contributed by atoms with Gasteiger partial charge in [-0.15, -0.1) is 11.6 Å². The van der Waals surface area contributed by atoms with Crippen molar-refractivity contribution in [3.05, 3.63) is 23.8 Å². The third-order valence-electron chi connectivity index (χ3n) is 3.20. The van der Waals surface area contributed by atoms with Crippen LogP contribution in [0, 0.1) is 0 Å². The van der Waals surface area contributed by atoms with Gasteiger partial charge in [0, 0.05) is 6.42 Å². The fourth-order valence-electron chi connectivity index (χ4n) is 1.97. The Morgan fingerprint density at radius 1 is 1.14 bits per heavy atom. The molecule has 0 aliphatic heterocycles. The van der Waals surface area contributed by atoms with Gasteiger partial charge in [0.05, 0.1) is 13.2 Å². The van der Waals surface area contributed by atoms with E-state index < -0.39 is 5.38 Å². The van der Waals surface area contributed by atoms with Gasteiger partial charge in [-0.1, -0.05) is 32.8 Å². The maximum atomic E-state index is 11.7. The summed E-state index contributed by atoms with van der Waals surface area (Å²) in [6.07, 6.45) is 3.76. The lowest BCUT2D eigenvalue weighted by Crippen LogP contribution is -2.06. The number of Topliss-reactive ketones (excluding diaryl/α,β-unsaturated/α-hetero) is 1. The summed E-state index contributed by atoms with van der Waals surface area (Å²) in [6.45, 7) is 7.11. The van der Waals surface area contributed by atoms with Gasteiger partial charge in [0.1, 0.15) is 5.38 Å². The Kier molecular flexibility index (Phi) is 8.21. The van der Waals surface area contributed by atoms with Crippen LogP contribution in [0.4, 0.5) is 0 Å². The molecule has 0 N–H and O–H groups in total. The number of benzene rings is 1. The number of rotatable bonds is 10. The summed E-state index contributed by atoms with van der Waals surface area (Å²) in [5, 5.41) is -0.622. The topological polar surface area (TPSA) is 35.5 Å². The fourth-order valence-corrected chi connectivity index (χ4v) is 2.26. The van der Waals surface area contributed by atoms with Crippen molar-refractivity contribution in [1.82, 2.24) is 0 Å². The lowest BCUT2D eigenvalue weighted by Gasteiger charge is -2.15. The zero-order chi connectivity index (χ0) is 15.7. The Bertz CT molecular complexity index is 446. The third-order valence-corrected chi connectivity index (χ3v) is 3.69. The van der Waals surface area contributed by atoms with Crippen LogP contribution in [0.5, 0.6) is 11.5 Å². The highest BCUT2D eigenvalue weighted by Crippen LogP contribution is 2.33. The molecule has 0 saturated heterocycles. The van der Waals surface area contributed by atoms with Gasteiger partial charge in [-0.2, -0.15) is 0 Å². The van der Waals surface area contributed by atoms with Crippen molar-refractivity contribution >= 4 is 17.4 Å². The van der Waals surface area contributed by atoms with Crippen LogP contribution in [0.15, 0.2) is 18.2 Å². The predicted molar refractivity (Wildman–Crippen MR) is 86.5 cm³/mol. The number of hydrogen-bond donors (Lipinski definition) is 0. The smallest absolute Gasteiger partial charge is 0.161 e. The van der Waals surface area contributed by atoms with E-state index in [1.165, 1.54) is 0 Å². The molecule has 0 bridgehead atoms. The van der Waals surface area contributed by atoms with Crippen LogP contribution in [0.25, 0.3) is 0 Å². The molecule has 1 rings (SSSR count). The van der Waals surface area contributed by atoms with Crippen molar-refractivity contribution < 1.29 is 14.3 Å². The molecule has 0 fully saturated rings. The zero-order valence-corrected chi connectivity index (χ0v) is 13.9. The van der Waals surface area contributed by atoms with E-state index in [9.17, 15) is 4.79 Å². The molecule has 1 atom stereocenters. The lowest BCUT2D eigenvalue weighted by atomic mass is 10.1. The Morgan fingerprint density at radius 3 is 2.52 bits per heavy atom. The molecule has 1 aromatic carbocycles. The highest BCUT2D eigenvalue weighted by molar-refractivity contribution is 6.31. The van der Waals surface area contributed by atoms with Gasteiger partial charge in [-0.3, -0.25) is 4.79 Å². The van der Waals surface area contributed by atoms with Crippen LogP contribution in [0.2, 0.25) is 0 Å². The Balaban J connectivity index is 2.83. The molecule has 4 heteroatoms. The highest BCUT2D eigenvalue weighted by atomic mass is 35.5. The van der Waals surface area contributed by atoms with E-state index in [-0.39, 0.29) is 5.78 Å². The second-order valence-electron chi connectivity index (χ2n) is 4.88. The van der Waals surface area contributed by atoms with Gasteiger partial charge < -0.3 is 9.47 Å². The van der Waals surface area contributed by atoms with Gasteiger partial charge >= 0.3 is 0 Å². The Hall–Kier alpha value is -1.22. The number of alkyl halides is 1. The van der Waals surface area contributed by atoms with E-state index in [0.717, 1.165) is 24.8 Å². The minimum absolute atomic E-state index is 0.00993. The number of carbonyl (C=O) groups is 1. The molecule has 0 aliphatic rings. The first-order valence-corrected chi connectivity index (χ1v) is 8.13. The van der Waals surface area contributed by atoms with Crippen molar-refractivity contribution in [2.75, 3.05) is 13.2 Å². The molecular weight excluding hydrogens is 288 g/mol. The molecule has 1 unspecified atom stereocenters. The SMILES string of the molecule is CCCCCOc1ccc(C(Cl)C(=O)CC)cc1OCC. The summed E-state index contributed by atoms with van der Waals surface area (Å²) in [6, 6.07) is 5.48. The van der Waals surface area contributed by atoms with Crippen molar-refractivity contribution in [2.24, 2.45) is 0 Å². The maximum Gasteiger partial charge on any atom is 0.161 e. The van der Waals surface area contributed by atoms with E-state index >= 15 is 0 Å². The molecule has 0 aliphatic carbocycles. The molecule has 0 aromatic heterocycles. The summed E-state index contributed by atoms with van der Waals surface area (Å²) < 4.78 is 11.4. The highest BCUT2D eigenvalue weighted by Gasteiger charge is 2.18. The van der Waals surface area contributed by atoms with Gasteiger partial charge in [-0.05, 0) is 31.0 Å². The third kappa shape index (κ3) is 5.58. The van der Waals surface area contributed by atoms with Crippen molar-refractivity contribution in [1.29, 1.82) is 0 Å². The predicted octanol–water partition coefficient (Wildman–Crippen LogP) is 4.91. The summed E-state index contributed by atoms with van der Waals surface area (Å²) in [7, 11) is 0. The lowest BCUT2D eigenvalue weighted by molar-refractivity contribution is -0.118. The molecule has 118 valence electrons. The largest absolute Gasteiger partial charge is 0.490 e. The first-order chi connectivity index (χ1) is 10.1. The van der Waals surface area contributed by atoms with E-state index in [0.29, 0.717) is 31.1 Å². The first-order valence-electron chi connectivity index (χ1n) is 7.70. The Morgan fingerprint density at radius 2 is 1.90 bits per heavy atom. The normalized spacial score (nSPS) is 12.0. The molecule has 1 aromatic rings. The minimum Gasteiger partial charge on any atom is -0.490 e. The van der Waals surface area contributed by atoms with Crippen LogP contribution in [-0.4, -0.2) is 19.0 Å². The summed E-state index contributed by atoms with van der Waals surface area (Å²) in [5.41, 5.74) is 0.757. The second-order valence-corrected chi connectivity index (χ2v) is 5.31. The number of hydrogen-bond acceptors (Lipinski definition) is 3.